The number of nitrogens with one attached hydrogen (secondary N) is 2. The van der Waals surface area contributed by atoms with Crippen LogP contribution in [0.15, 0.2) is 54.9 Å². The van der Waals surface area contributed by atoms with E-state index < -0.39 is 5.91 Å². The van der Waals surface area contributed by atoms with Gasteiger partial charge in [0.15, 0.2) is 0 Å². The summed E-state index contributed by atoms with van der Waals surface area (Å²) in [6.45, 7) is 5.87. The standard InChI is InChI=1S/C23H20N4O2/c1-14-8-15(2)21(16(3)9-14)27-23(29)19-10-18(12-25-13-19)22(28)26-20-7-5-4-6-17(20)11-24/h4-10,12-13H,1-3H3,(H,26,28)(H,27,29). The second-order valence-electron chi connectivity index (χ2n) is 6.80. The van der Waals surface area contributed by atoms with Gasteiger partial charge in [-0.05, 0) is 50.1 Å². The van der Waals surface area contributed by atoms with E-state index in [1.54, 1.807) is 24.3 Å². The largest absolute Gasteiger partial charge is 0.321 e. The molecule has 6 nitrogen and oxygen atoms in total. The number of hydrogen-bond acceptors (Lipinski definition) is 4. The first kappa shape index (κ1) is 19.8. The summed E-state index contributed by atoms with van der Waals surface area (Å²) in [6.07, 6.45) is 2.79. The van der Waals surface area contributed by atoms with E-state index in [1.165, 1.54) is 18.5 Å². The van der Waals surface area contributed by atoms with Crippen LogP contribution in [0.2, 0.25) is 0 Å². The number of aryl methyl sites for hydroxylation is 3. The van der Waals surface area contributed by atoms with Gasteiger partial charge in [-0.3, -0.25) is 14.6 Å². The lowest BCUT2D eigenvalue weighted by molar-refractivity contribution is 0.102. The van der Waals surface area contributed by atoms with Crippen LogP contribution in [0.5, 0.6) is 0 Å². The maximum Gasteiger partial charge on any atom is 0.257 e. The average molecular weight is 384 g/mol. The van der Waals surface area contributed by atoms with Crippen LogP contribution >= 0.6 is 0 Å². The molecule has 2 aromatic carbocycles. The fourth-order valence-corrected chi connectivity index (χ4v) is 3.14. The number of carbonyl (C=O) groups is 2. The summed E-state index contributed by atoms with van der Waals surface area (Å²) in [7, 11) is 0. The van der Waals surface area contributed by atoms with Gasteiger partial charge in [-0.1, -0.05) is 29.8 Å². The number of benzene rings is 2. The van der Waals surface area contributed by atoms with E-state index >= 15 is 0 Å². The molecule has 0 aliphatic rings. The van der Waals surface area contributed by atoms with Gasteiger partial charge in [0.05, 0.1) is 22.4 Å². The molecule has 0 unspecified atom stereocenters. The number of nitrogens with zero attached hydrogens (tertiary/aromatic N) is 2. The maximum absolute atomic E-state index is 12.7. The second kappa shape index (κ2) is 8.36. The van der Waals surface area contributed by atoms with Gasteiger partial charge in [-0.25, -0.2) is 0 Å². The number of hydrogen-bond donors (Lipinski definition) is 2. The summed E-state index contributed by atoms with van der Waals surface area (Å²) in [4.78, 5) is 29.3. The van der Waals surface area contributed by atoms with Crippen LogP contribution in [0.3, 0.4) is 0 Å². The van der Waals surface area contributed by atoms with Crippen molar-refractivity contribution in [1.29, 1.82) is 5.26 Å². The molecular weight excluding hydrogens is 364 g/mol. The van der Waals surface area contributed by atoms with Gasteiger partial charge in [-0.15, -0.1) is 0 Å². The predicted octanol–water partition coefficient (Wildman–Crippen LogP) is 4.38. The third kappa shape index (κ3) is 4.47. The summed E-state index contributed by atoms with van der Waals surface area (Å²) in [5, 5.41) is 14.7. The Morgan fingerprint density at radius 3 is 2.10 bits per heavy atom. The molecule has 3 rings (SSSR count). The van der Waals surface area contributed by atoms with Gasteiger partial charge < -0.3 is 10.6 Å². The Kier molecular flexibility index (Phi) is 5.70. The zero-order chi connectivity index (χ0) is 21.0. The zero-order valence-electron chi connectivity index (χ0n) is 16.4. The number of nitriles is 1. The van der Waals surface area contributed by atoms with Crippen molar-refractivity contribution in [3.63, 3.8) is 0 Å². The SMILES string of the molecule is Cc1cc(C)c(NC(=O)c2cncc(C(=O)Nc3ccccc3C#N)c2)c(C)c1. The highest BCUT2D eigenvalue weighted by Gasteiger charge is 2.15. The lowest BCUT2D eigenvalue weighted by atomic mass is 10.0. The van der Waals surface area contributed by atoms with Crippen molar-refractivity contribution < 1.29 is 9.59 Å². The molecule has 2 N–H and O–H groups in total. The quantitative estimate of drug-likeness (QED) is 0.698. The lowest BCUT2D eigenvalue weighted by Crippen LogP contribution is -2.17. The summed E-state index contributed by atoms with van der Waals surface area (Å²) in [6, 6.07) is 14.2. The summed E-state index contributed by atoms with van der Waals surface area (Å²) in [5.41, 5.74) is 5.05. The Morgan fingerprint density at radius 1 is 0.897 bits per heavy atom. The number of pyridine rings is 1. The van der Waals surface area contributed by atoms with Gasteiger partial charge in [0.2, 0.25) is 0 Å². The van der Waals surface area contributed by atoms with Crippen molar-refractivity contribution in [2.75, 3.05) is 10.6 Å². The molecule has 0 spiro atoms. The van der Waals surface area contributed by atoms with Crippen LogP contribution in [-0.4, -0.2) is 16.8 Å². The van der Waals surface area contributed by atoms with Gasteiger partial charge >= 0.3 is 0 Å². The van der Waals surface area contributed by atoms with E-state index in [1.807, 2.05) is 39.0 Å². The molecule has 0 radical (unpaired) electrons. The molecule has 6 heteroatoms. The minimum atomic E-state index is -0.447. The summed E-state index contributed by atoms with van der Waals surface area (Å²) < 4.78 is 0. The van der Waals surface area contributed by atoms with Crippen LogP contribution in [0.25, 0.3) is 0 Å². The average Bonchev–Trinajstić information content (AvgIpc) is 2.71. The third-order valence-corrected chi connectivity index (χ3v) is 4.47. The first-order chi connectivity index (χ1) is 13.9. The molecule has 144 valence electrons. The monoisotopic (exact) mass is 384 g/mol. The summed E-state index contributed by atoms with van der Waals surface area (Å²) in [5.74, 6) is -0.794. The van der Waals surface area contributed by atoms with E-state index in [9.17, 15) is 9.59 Å². The molecule has 0 aliphatic carbocycles. The summed E-state index contributed by atoms with van der Waals surface area (Å²) >= 11 is 0. The van der Waals surface area contributed by atoms with Crippen molar-refractivity contribution in [1.82, 2.24) is 4.98 Å². The molecule has 0 aliphatic heterocycles. The molecule has 0 bridgehead atoms. The second-order valence-corrected chi connectivity index (χ2v) is 6.80. The third-order valence-electron chi connectivity index (χ3n) is 4.47. The maximum atomic E-state index is 12.7. The minimum Gasteiger partial charge on any atom is -0.321 e. The molecule has 1 aromatic heterocycles. The number of aromatic nitrogens is 1. The number of amides is 2. The number of para-hydroxylation sites is 1. The molecule has 0 saturated heterocycles. The van der Waals surface area contributed by atoms with E-state index in [-0.39, 0.29) is 17.0 Å². The fourth-order valence-electron chi connectivity index (χ4n) is 3.14. The Balaban J connectivity index is 1.81. The molecule has 29 heavy (non-hydrogen) atoms. The molecule has 0 fully saturated rings. The van der Waals surface area contributed by atoms with Crippen LogP contribution < -0.4 is 10.6 Å². The topological polar surface area (TPSA) is 94.9 Å². The van der Waals surface area contributed by atoms with E-state index in [2.05, 4.69) is 15.6 Å². The van der Waals surface area contributed by atoms with Crippen molar-refractivity contribution in [3.05, 3.63) is 88.2 Å². The highest BCUT2D eigenvalue weighted by Crippen LogP contribution is 2.23. The molecule has 1 heterocycles. The van der Waals surface area contributed by atoms with Gasteiger partial charge in [0.25, 0.3) is 11.8 Å². The molecule has 0 saturated carbocycles. The van der Waals surface area contributed by atoms with Gasteiger partial charge in [-0.2, -0.15) is 5.26 Å². The minimum absolute atomic E-state index is 0.225. The zero-order valence-corrected chi connectivity index (χ0v) is 16.4. The number of carbonyl (C=O) groups excluding carboxylic acids is 2. The van der Waals surface area contributed by atoms with Crippen molar-refractivity contribution >= 4 is 23.2 Å². The predicted molar refractivity (Wildman–Crippen MR) is 112 cm³/mol. The van der Waals surface area contributed by atoms with E-state index in [0.717, 1.165) is 22.4 Å². The lowest BCUT2D eigenvalue weighted by Gasteiger charge is -2.13. The van der Waals surface area contributed by atoms with Crippen LogP contribution in [0, 0.1) is 32.1 Å². The van der Waals surface area contributed by atoms with Crippen molar-refractivity contribution in [3.8, 4) is 6.07 Å². The smallest absolute Gasteiger partial charge is 0.257 e. The molecule has 0 atom stereocenters. The molecule has 3 aromatic rings. The van der Waals surface area contributed by atoms with Crippen molar-refractivity contribution in [2.45, 2.75) is 20.8 Å². The number of anilines is 2. The first-order valence-electron chi connectivity index (χ1n) is 9.04. The van der Waals surface area contributed by atoms with Crippen LogP contribution in [0.1, 0.15) is 43.0 Å². The van der Waals surface area contributed by atoms with Gasteiger partial charge in [0, 0.05) is 18.1 Å². The Hall–Kier alpha value is -3.98. The number of rotatable bonds is 4. The highest BCUT2D eigenvalue weighted by molar-refractivity contribution is 6.09. The van der Waals surface area contributed by atoms with Crippen LogP contribution in [0.4, 0.5) is 11.4 Å². The first-order valence-corrected chi connectivity index (χ1v) is 9.04. The van der Waals surface area contributed by atoms with E-state index in [4.69, 9.17) is 5.26 Å². The molecule has 2 amide bonds. The fraction of sp³-hybridized carbons (Fsp3) is 0.130. The molecular formula is C23H20N4O2. The van der Waals surface area contributed by atoms with E-state index in [0.29, 0.717) is 11.3 Å². The van der Waals surface area contributed by atoms with Crippen LogP contribution in [-0.2, 0) is 0 Å². The van der Waals surface area contributed by atoms with Crippen molar-refractivity contribution in [2.24, 2.45) is 0 Å². The Morgan fingerprint density at radius 2 is 1.48 bits per heavy atom. The van der Waals surface area contributed by atoms with Gasteiger partial charge in [0.1, 0.15) is 6.07 Å². The Labute approximate surface area is 169 Å². The highest BCUT2D eigenvalue weighted by atomic mass is 16.2. The Bertz CT molecular complexity index is 1120. The normalized spacial score (nSPS) is 10.1.